The number of fused-ring (bicyclic) bond motifs is 1. The molecule has 2 aromatic rings. The van der Waals surface area contributed by atoms with Gasteiger partial charge in [-0.05, 0) is 19.1 Å². The quantitative estimate of drug-likeness (QED) is 0.652. The van der Waals surface area contributed by atoms with Gasteiger partial charge in [0.2, 0.25) is 0 Å². The van der Waals surface area contributed by atoms with Crippen molar-refractivity contribution in [3.8, 4) is 0 Å². The number of hydrogen-bond donors (Lipinski definition) is 0. The summed E-state index contributed by atoms with van der Waals surface area (Å²) in [6, 6.07) is 3.53. The standard InChI is InChI=1S/C9H7ClN2O/c1-6-8(5-13)11-9-3-2-7(10)4-12(6)9/h2-5H,1H3. The Bertz CT molecular complexity index is 476. The van der Waals surface area contributed by atoms with Crippen molar-refractivity contribution in [3.63, 3.8) is 0 Å². The minimum Gasteiger partial charge on any atom is -0.302 e. The van der Waals surface area contributed by atoms with Crippen LogP contribution in [0.5, 0.6) is 0 Å². The largest absolute Gasteiger partial charge is 0.302 e. The van der Waals surface area contributed by atoms with Crippen molar-refractivity contribution < 1.29 is 4.79 Å². The van der Waals surface area contributed by atoms with E-state index in [1.165, 1.54) is 0 Å². The Labute approximate surface area is 80.0 Å². The van der Waals surface area contributed by atoms with Gasteiger partial charge in [0.1, 0.15) is 11.3 Å². The maximum atomic E-state index is 10.6. The monoisotopic (exact) mass is 194 g/mol. The summed E-state index contributed by atoms with van der Waals surface area (Å²) in [5.41, 5.74) is 2.01. The van der Waals surface area contributed by atoms with Crippen molar-refractivity contribution in [2.24, 2.45) is 0 Å². The van der Waals surface area contributed by atoms with Gasteiger partial charge in [-0.15, -0.1) is 0 Å². The summed E-state index contributed by atoms with van der Waals surface area (Å²) in [6.07, 6.45) is 2.49. The second-order valence-corrected chi connectivity index (χ2v) is 3.21. The van der Waals surface area contributed by atoms with Gasteiger partial charge in [0.25, 0.3) is 0 Å². The minimum absolute atomic E-state index is 0.460. The maximum absolute atomic E-state index is 10.6. The summed E-state index contributed by atoms with van der Waals surface area (Å²) in [6.45, 7) is 1.83. The van der Waals surface area contributed by atoms with Gasteiger partial charge in [0.05, 0.1) is 10.7 Å². The first-order valence-corrected chi connectivity index (χ1v) is 4.19. The number of halogens is 1. The molecule has 0 amide bonds. The number of imidazole rings is 1. The molecule has 13 heavy (non-hydrogen) atoms. The fraction of sp³-hybridized carbons (Fsp3) is 0.111. The van der Waals surface area contributed by atoms with E-state index in [1.54, 1.807) is 22.7 Å². The molecule has 2 rings (SSSR count). The Kier molecular flexibility index (Phi) is 1.81. The normalized spacial score (nSPS) is 10.6. The van der Waals surface area contributed by atoms with Gasteiger partial charge in [-0.2, -0.15) is 0 Å². The molecule has 0 atom stereocenters. The number of carbonyl (C=O) groups excluding carboxylic acids is 1. The molecule has 0 N–H and O–H groups in total. The number of aromatic nitrogens is 2. The van der Waals surface area contributed by atoms with E-state index in [0.717, 1.165) is 17.6 Å². The molecule has 4 heteroatoms. The molecule has 2 heterocycles. The third-order valence-corrected chi connectivity index (χ3v) is 2.19. The highest BCUT2D eigenvalue weighted by Crippen LogP contribution is 2.14. The van der Waals surface area contributed by atoms with Crippen LogP contribution in [0.15, 0.2) is 18.3 Å². The van der Waals surface area contributed by atoms with Crippen LogP contribution in [0.25, 0.3) is 5.65 Å². The van der Waals surface area contributed by atoms with Crippen LogP contribution >= 0.6 is 11.6 Å². The highest BCUT2D eigenvalue weighted by atomic mass is 35.5. The van der Waals surface area contributed by atoms with Crippen molar-refractivity contribution in [1.29, 1.82) is 0 Å². The molecular formula is C9H7ClN2O. The van der Waals surface area contributed by atoms with Crippen LogP contribution in [-0.4, -0.2) is 15.7 Å². The van der Waals surface area contributed by atoms with E-state index in [-0.39, 0.29) is 0 Å². The van der Waals surface area contributed by atoms with Crippen LogP contribution < -0.4 is 0 Å². The maximum Gasteiger partial charge on any atom is 0.170 e. The zero-order valence-corrected chi connectivity index (χ0v) is 7.75. The van der Waals surface area contributed by atoms with Crippen molar-refractivity contribution in [2.75, 3.05) is 0 Å². The Morgan fingerprint density at radius 3 is 3.00 bits per heavy atom. The predicted molar refractivity (Wildman–Crippen MR) is 50.3 cm³/mol. The second kappa shape index (κ2) is 2.85. The lowest BCUT2D eigenvalue weighted by Crippen LogP contribution is -1.87. The van der Waals surface area contributed by atoms with E-state index in [2.05, 4.69) is 4.98 Å². The van der Waals surface area contributed by atoms with Gasteiger partial charge in [-0.25, -0.2) is 4.98 Å². The molecule has 0 fully saturated rings. The fourth-order valence-electron chi connectivity index (χ4n) is 1.27. The molecule has 66 valence electrons. The Hall–Kier alpha value is -1.35. The first-order valence-electron chi connectivity index (χ1n) is 3.82. The molecule has 0 aliphatic carbocycles. The van der Waals surface area contributed by atoms with Crippen LogP contribution in [0, 0.1) is 6.92 Å². The predicted octanol–water partition coefficient (Wildman–Crippen LogP) is 2.11. The van der Waals surface area contributed by atoms with Crippen LogP contribution in [0.4, 0.5) is 0 Å². The van der Waals surface area contributed by atoms with Crippen LogP contribution in [0.3, 0.4) is 0 Å². The summed E-state index contributed by atoms with van der Waals surface area (Å²) >= 11 is 5.81. The van der Waals surface area contributed by atoms with Gasteiger partial charge >= 0.3 is 0 Å². The first kappa shape index (κ1) is 8.26. The van der Waals surface area contributed by atoms with Gasteiger partial charge in [-0.3, -0.25) is 4.79 Å². The van der Waals surface area contributed by atoms with Gasteiger partial charge in [-0.1, -0.05) is 11.6 Å². The molecule has 0 aliphatic heterocycles. The minimum atomic E-state index is 0.460. The van der Waals surface area contributed by atoms with Crippen molar-refractivity contribution in [2.45, 2.75) is 6.92 Å². The number of aldehydes is 1. The van der Waals surface area contributed by atoms with Crippen LogP contribution in [0.1, 0.15) is 16.2 Å². The molecule has 0 unspecified atom stereocenters. The molecule has 0 spiro atoms. The number of rotatable bonds is 1. The highest BCUT2D eigenvalue weighted by Gasteiger charge is 2.06. The lowest BCUT2D eigenvalue weighted by molar-refractivity contribution is 0.111. The molecule has 0 aliphatic rings. The van der Waals surface area contributed by atoms with Gasteiger partial charge < -0.3 is 4.40 Å². The number of aryl methyl sites for hydroxylation is 1. The molecular weight excluding hydrogens is 188 g/mol. The van der Waals surface area contributed by atoms with Crippen molar-refractivity contribution >= 4 is 23.5 Å². The van der Waals surface area contributed by atoms with Gasteiger partial charge in [0.15, 0.2) is 6.29 Å². The molecule has 0 saturated heterocycles. The van der Waals surface area contributed by atoms with E-state index in [9.17, 15) is 4.79 Å². The number of pyridine rings is 1. The fourth-order valence-corrected chi connectivity index (χ4v) is 1.43. The molecule has 0 bridgehead atoms. The van der Waals surface area contributed by atoms with Crippen molar-refractivity contribution in [3.05, 3.63) is 34.7 Å². The van der Waals surface area contributed by atoms with Crippen LogP contribution in [-0.2, 0) is 0 Å². The summed E-state index contributed by atoms with van der Waals surface area (Å²) in [7, 11) is 0. The van der Waals surface area contributed by atoms with E-state index < -0.39 is 0 Å². The van der Waals surface area contributed by atoms with E-state index in [1.807, 2.05) is 6.92 Å². The molecule has 0 saturated carbocycles. The summed E-state index contributed by atoms with van der Waals surface area (Å²) in [5, 5.41) is 0.630. The van der Waals surface area contributed by atoms with E-state index in [0.29, 0.717) is 10.7 Å². The number of carbonyl (C=O) groups is 1. The van der Waals surface area contributed by atoms with Gasteiger partial charge in [0, 0.05) is 6.20 Å². The van der Waals surface area contributed by atoms with E-state index >= 15 is 0 Å². The first-order chi connectivity index (χ1) is 6.22. The smallest absolute Gasteiger partial charge is 0.170 e. The molecule has 3 nitrogen and oxygen atoms in total. The van der Waals surface area contributed by atoms with E-state index in [4.69, 9.17) is 11.6 Å². The molecule has 2 aromatic heterocycles. The second-order valence-electron chi connectivity index (χ2n) is 2.78. The lowest BCUT2D eigenvalue weighted by atomic mass is 10.4. The zero-order valence-electron chi connectivity index (χ0n) is 6.99. The molecule has 0 radical (unpaired) electrons. The Morgan fingerprint density at radius 1 is 1.54 bits per heavy atom. The number of hydrogen-bond acceptors (Lipinski definition) is 2. The van der Waals surface area contributed by atoms with Crippen molar-refractivity contribution in [1.82, 2.24) is 9.38 Å². The number of nitrogens with zero attached hydrogens (tertiary/aromatic N) is 2. The Balaban J connectivity index is 2.84. The zero-order chi connectivity index (χ0) is 9.42. The third-order valence-electron chi connectivity index (χ3n) is 1.97. The highest BCUT2D eigenvalue weighted by molar-refractivity contribution is 6.30. The summed E-state index contributed by atoms with van der Waals surface area (Å²) in [5.74, 6) is 0. The summed E-state index contributed by atoms with van der Waals surface area (Å²) < 4.78 is 1.80. The average molecular weight is 195 g/mol. The third kappa shape index (κ3) is 1.21. The molecule has 0 aromatic carbocycles. The SMILES string of the molecule is Cc1c(C=O)nc2ccc(Cl)cn12. The lowest BCUT2D eigenvalue weighted by Gasteiger charge is -1.95. The Morgan fingerprint density at radius 2 is 2.31 bits per heavy atom. The van der Waals surface area contributed by atoms with Crippen LogP contribution in [0.2, 0.25) is 5.02 Å². The topological polar surface area (TPSA) is 34.4 Å². The summed E-state index contributed by atoms with van der Waals surface area (Å²) in [4.78, 5) is 14.7. The average Bonchev–Trinajstić information content (AvgIpc) is 2.44.